The second kappa shape index (κ2) is 23.6. The van der Waals surface area contributed by atoms with Crippen LogP contribution in [0.5, 0.6) is 0 Å². The Hall–Kier alpha value is -2.39. The van der Waals surface area contributed by atoms with Gasteiger partial charge in [0.25, 0.3) is 0 Å². The Morgan fingerprint density at radius 3 is 1.07 bits per heavy atom. The average Bonchev–Trinajstić information content (AvgIpc) is 2.67. The zero-order chi connectivity index (χ0) is 21.0. The monoisotopic (exact) mass is 451 g/mol. The predicted molar refractivity (Wildman–Crippen MR) is 95.4 cm³/mol. The van der Waals surface area contributed by atoms with E-state index in [0.29, 0.717) is 22.8 Å². The predicted octanol–water partition coefficient (Wildman–Crippen LogP) is 1.79. The van der Waals surface area contributed by atoms with Crippen LogP contribution in [-0.4, -0.2) is 62.0 Å². The van der Waals surface area contributed by atoms with Crippen molar-refractivity contribution in [2.45, 2.75) is 27.7 Å². The molecule has 0 aliphatic carbocycles. The molecular formula is C13H22CoN5O7S-. The van der Waals surface area contributed by atoms with E-state index < -0.39 is 11.4 Å². The molecule has 0 aliphatic rings. The fourth-order valence-corrected chi connectivity index (χ4v) is 0.602. The minimum Gasteiger partial charge on any atom is -0.750 e. The largest absolute Gasteiger partial charge is 0.750 e. The number of hydrogen-bond donors (Lipinski definition) is 5. The van der Waals surface area contributed by atoms with Crippen LogP contribution in [0.3, 0.4) is 0 Å². The molecule has 0 amide bonds. The Bertz CT molecular complexity index is 518. The molecule has 1 unspecified atom stereocenters. The maximum absolute atomic E-state index is 8.56. The van der Waals surface area contributed by atoms with Gasteiger partial charge >= 0.3 is 0 Å². The van der Waals surface area contributed by atoms with Crippen LogP contribution in [0.15, 0.2) is 51.2 Å². The van der Waals surface area contributed by atoms with E-state index in [1.807, 2.05) is 18.2 Å². The van der Waals surface area contributed by atoms with E-state index in [2.05, 4.69) is 25.6 Å². The molecule has 1 rings (SSSR count). The molecule has 0 bridgehead atoms. The van der Waals surface area contributed by atoms with Crippen molar-refractivity contribution in [3.63, 3.8) is 0 Å². The first kappa shape index (κ1) is 32.3. The quantitative estimate of drug-likeness (QED) is 0.193. The third-order valence-corrected chi connectivity index (χ3v) is 2.21. The van der Waals surface area contributed by atoms with Gasteiger partial charge in [0.05, 0.1) is 11.4 Å². The number of nitrogens with zero attached hydrogens (tertiary/aromatic N) is 5. The molecule has 1 aromatic heterocycles. The first-order valence-corrected chi connectivity index (χ1v) is 7.59. The van der Waals surface area contributed by atoms with E-state index >= 15 is 0 Å². The molecule has 0 saturated heterocycles. The van der Waals surface area contributed by atoms with E-state index in [9.17, 15) is 0 Å². The summed E-state index contributed by atoms with van der Waals surface area (Å²) in [5.74, 6) is 0. The average molecular weight is 451 g/mol. The summed E-state index contributed by atoms with van der Waals surface area (Å²) in [5.41, 5.74) is 1.25. The van der Waals surface area contributed by atoms with Crippen molar-refractivity contribution < 1.29 is 50.9 Å². The van der Waals surface area contributed by atoms with Crippen molar-refractivity contribution in [3.05, 3.63) is 30.6 Å². The van der Waals surface area contributed by atoms with Crippen LogP contribution in [-0.2, 0) is 28.1 Å². The van der Waals surface area contributed by atoms with Crippen molar-refractivity contribution in [3.8, 4) is 0 Å². The van der Waals surface area contributed by atoms with Crippen LogP contribution in [0.4, 0.5) is 0 Å². The van der Waals surface area contributed by atoms with E-state index in [0.717, 1.165) is 0 Å². The van der Waals surface area contributed by atoms with Gasteiger partial charge in [-0.25, -0.2) is 4.21 Å². The normalized spacial score (nSPS) is 12.5. The van der Waals surface area contributed by atoms with Gasteiger partial charge in [-0.15, -0.1) is 0 Å². The molecule has 0 fully saturated rings. The van der Waals surface area contributed by atoms with Gasteiger partial charge in [-0.3, -0.25) is 4.98 Å². The minimum atomic E-state index is -2.86. The van der Waals surface area contributed by atoms with Crippen LogP contribution in [0.25, 0.3) is 0 Å². The van der Waals surface area contributed by atoms with Crippen molar-refractivity contribution >= 4 is 34.2 Å². The van der Waals surface area contributed by atoms with E-state index in [1.54, 1.807) is 12.4 Å². The summed E-state index contributed by atoms with van der Waals surface area (Å²) in [6.07, 6.45) is 3.50. The smallest absolute Gasteiger partial charge is 0.101 e. The zero-order valence-corrected chi connectivity index (χ0v) is 16.8. The van der Waals surface area contributed by atoms with Gasteiger partial charge in [0, 0.05) is 29.2 Å². The number of aromatic nitrogens is 1. The molecule has 5 N–H and O–H groups in total. The van der Waals surface area contributed by atoms with Crippen LogP contribution >= 0.6 is 0 Å². The molecule has 1 radical (unpaired) electrons. The van der Waals surface area contributed by atoms with Crippen molar-refractivity contribution in [1.29, 1.82) is 0 Å². The number of hydrogen-bond acceptors (Lipinski definition) is 11. The third-order valence-electron chi connectivity index (χ3n) is 2.21. The number of rotatable bonds is 2. The molecule has 0 aromatic carbocycles. The van der Waals surface area contributed by atoms with Gasteiger partial charge in [0.15, 0.2) is 0 Å². The molecule has 14 heteroatoms. The van der Waals surface area contributed by atoms with E-state index in [1.165, 1.54) is 27.7 Å². The second-order valence-corrected chi connectivity index (χ2v) is 4.42. The van der Waals surface area contributed by atoms with Gasteiger partial charge in [0.2, 0.25) is 0 Å². The summed E-state index contributed by atoms with van der Waals surface area (Å²) >= 11 is -2.86. The number of oxime groups is 4. The fourth-order valence-electron chi connectivity index (χ4n) is 0.602. The zero-order valence-electron chi connectivity index (χ0n) is 14.9. The second-order valence-electron chi connectivity index (χ2n) is 3.98. The molecule has 12 nitrogen and oxygen atoms in total. The SMILES string of the molecule is CC(=N\O)/C(C)=N/O.CC(=N\O)/C(C)=N/O.O=S([O-])O.[Co].c1ccncc1. The summed E-state index contributed by atoms with van der Waals surface area (Å²) in [4.78, 5) is 3.78. The first-order chi connectivity index (χ1) is 12.2. The summed E-state index contributed by atoms with van der Waals surface area (Å²) in [6, 6.07) is 5.72. The molecule has 0 spiro atoms. The van der Waals surface area contributed by atoms with Crippen LogP contribution < -0.4 is 0 Å². The molecule has 1 aromatic rings. The van der Waals surface area contributed by atoms with Crippen LogP contribution in [0.2, 0.25) is 0 Å². The van der Waals surface area contributed by atoms with Crippen LogP contribution in [0, 0.1) is 0 Å². The maximum Gasteiger partial charge on any atom is 0.101 e. The molecule has 0 aliphatic heterocycles. The molecular weight excluding hydrogens is 429 g/mol. The summed E-state index contributed by atoms with van der Waals surface area (Å²) in [6.45, 7) is 6.15. The number of pyridine rings is 1. The fraction of sp³-hybridized carbons (Fsp3) is 0.308. The Morgan fingerprint density at radius 2 is 1.00 bits per heavy atom. The molecule has 157 valence electrons. The summed E-state index contributed by atoms with van der Waals surface area (Å²) in [5, 5.41) is 43.3. The van der Waals surface area contributed by atoms with Gasteiger partial charge in [0.1, 0.15) is 22.8 Å². The van der Waals surface area contributed by atoms with Gasteiger partial charge < -0.3 is 29.9 Å². The van der Waals surface area contributed by atoms with Gasteiger partial charge in [-0.05, 0) is 39.8 Å². The van der Waals surface area contributed by atoms with Gasteiger partial charge in [-0.1, -0.05) is 26.7 Å². The Labute approximate surface area is 169 Å². The van der Waals surface area contributed by atoms with Crippen molar-refractivity contribution in [1.82, 2.24) is 4.98 Å². The van der Waals surface area contributed by atoms with Gasteiger partial charge in [-0.2, -0.15) is 0 Å². The van der Waals surface area contributed by atoms with Crippen molar-refractivity contribution in [2.24, 2.45) is 20.6 Å². The maximum atomic E-state index is 8.56. The molecule has 1 atom stereocenters. The third kappa shape index (κ3) is 28.7. The topological polar surface area (TPSA) is 204 Å². The van der Waals surface area contributed by atoms with E-state index in [-0.39, 0.29) is 16.8 Å². The van der Waals surface area contributed by atoms with E-state index in [4.69, 9.17) is 34.1 Å². The molecule has 0 saturated carbocycles. The standard InChI is InChI=1S/C5H5N.2C4H8N2O2.Co.H2O3S/c1-2-4-6-5-3-1;2*1-3(5-7)4(2)6-8;;1-4(2)3/h1-5H;2*7-8H,1-2H3;;(H2,1,2,3)/p-1/b;2*5-3+,6-4+;;. The molecule has 27 heavy (non-hydrogen) atoms. The Kier molecular flexibility index (Phi) is 28.2. The summed E-state index contributed by atoms with van der Waals surface area (Å²) < 4.78 is 24.1. The Morgan fingerprint density at radius 1 is 0.778 bits per heavy atom. The minimum absolute atomic E-state index is 0. The van der Waals surface area contributed by atoms with Crippen LogP contribution in [0.1, 0.15) is 27.7 Å². The molecule has 1 heterocycles. The van der Waals surface area contributed by atoms with Crippen molar-refractivity contribution in [2.75, 3.05) is 0 Å². The first-order valence-electron chi connectivity index (χ1n) is 6.56. The Balaban J connectivity index is -0.000000133. The summed E-state index contributed by atoms with van der Waals surface area (Å²) in [7, 11) is 0.